The summed E-state index contributed by atoms with van der Waals surface area (Å²) in [5.41, 5.74) is -6.34. The van der Waals surface area contributed by atoms with Gasteiger partial charge in [0.15, 0.2) is 0 Å². The van der Waals surface area contributed by atoms with E-state index in [1.54, 1.807) is 6.92 Å². The van der Waals surface area contributed by atoms with Gasteiger partial charge in [0, 0.05) is 0 Å². The number of hydrogen-bond acceptors (Lipinski definition) is 3. The van der Waals surface area contributed by atoms with Crippen LogP contribution in [0.2, 0.25) is 4.82 Å². The molecular formula is C11H15F3O3SSe. The molecule has 3 nitrogen and oxygen atoms in total. The fourth-order valence-electron chi connectivity index (χ4n) is 3.31. The predicted octanol–water partition coefficient (Wildman–Crippen LogP) is 2.35. The van der Waals surface area contributed by atoms with Crippen molar-refractivity contribution in [2.75, 3.05) is 0 Å². The molecule has 2 rings (SSSR count). The molecule has 19 heavy (non-hydrogen) atoms. The predicted molar refractivity (Wildman–Crippen MR) is 64.1 cm³/mol. The second-order valence-corrected chi connectivity index (χ2v) is 12.6. The summed E-state index contributed by atoms with van der Waals surface area (Å²) in [6.45, 7) is 5.48. The average Bonchev–Trinajstić information content (AvgIpc) is 2.51. The van der Waals surface area contributed by atoms with E-state index in [1.807, 2.05) is 13.8 Å². The molecule has 0 radical (unpaired) electrons. The molecule has 0 aromatic rings. The molecule has 0 N–H and O–H groups in total. The summed E-state index contributed by atoms with van der Waals surface area (Å²) in [5, 5.41) is 0. The van der Waals surface area contributed by atoms with Gasteiger partial charge in [-0.25, -0.2) is 0 Å². The van der Waals surface area contributed by atoms with Crippen LogP contribution in [0.25, 0.3) is 0 Å². The molecule has 0 spiro atoms. The zero-order valence-corrected chi connectivity index (χ0v) is 13.3. The molecule has 0 aliphatic heterocycles. The van der Waals surface area contributed by atoms with Gasteiger partial charge in [-0.1, -0.05) is 0 Å². The average molecular weight is 363 g/mol. The van der Waals surface area contributed by atoms with Crippen LogP contribution in [0.1, 0.15) is 33.6 Å². The van der Waals surface area contributed by atoms with Gasteiger partial charge in [-0.05, 0) is 0 Å². The van der Waals surface area contributed by atoms with Gasteiger partial charge in [-0.3, -0.25) is 0 Å². The van der Waals surface area contributed by atoms with E-state index in [0.29, 0.717) is 12.8 Å². The van der Waals surface area contributed by atoms with Gasteiger partial charge in [-0.2, -0.15) is 0 Å². The SMILES string of the molecule is CC12CCC([C@H]([Se]S(=O)(=O)C(F)(F)F)C1=O)C2(C)C. The molecule has 0 amide bonds. The van der Waals surface area contributed by atoms with Crippen molar-refractivity contribution >= 4 is 27.9 Å². The third kappa shape index (κ3) is 1.90. The quantitative estimate of drug-likeness (QED) is 0.708. The zero-order chi connectivity index (χ0) is 14.9. The molecule has 0 saturated heterocycles. The van der Waals surface area contributed by atoms with Crippen LogP contribution in [-0.2, 0) is 13.0 Å². The Morgan fingerprint density at radius 2 is 1.79 bits per heavy atom. The third-order valence-corrected chi connectivity index (χ3v) is 11.2. The van der Waals surface area contributed by atoms with E-state index in [2.05, 4.69) is 0 Å². The molecule has 8 heteroatoms. The van der Waals surface area contributed by atoms with Crippen molar-refractivity contribution in [3.05, 3.63) is 0 Å². The maximum atomic E-state index is 12.5. The summed E-state index contributed by atoms with van der Waals surface area (Å²) in [5.74, 6) is -0.538. The molecule has 2 saturated carbocycles. The summed E-state index contributed by atoms with van der Waals surface area (Å²) >= 11 is -1.76. The van der Waals surface area contributed by atoms with Gasteiger partial charge >= 0.3 is 115 Å². The number of fused-ring (bicyclic) bond motifs is 2. The normalized spacial score (nSPS) is 37.9. The van der Waals surface area contributed by atoms with E-state index < -0.39 is 43.2 Å². The minimum absolute atomic E-state index is 0.248. The molecule has 2 aliphatic rings. The van der Waals surface area contributed by atoms with Gasteiger partial charge in [0.1, 0.15) is 0 Å². The van der Waals surface area contributed by atoms with Crippen LogP contribution in [0.5, 0.6) is 0 Å². The molecule has 2 unspecified atom stereocenters. The van der Waals surface area contributed by atoms with E-state index in [1.165, 1.54) is 0 Å². The Morgan fingerprint density at radius 1 is 1.26 bits per heavy atom. The summed E-state index contributed by atoms with van der Waals surface area (Å²) in [6, 6.07) is 0. The van der Waals surface area contributed by atoms with Gasteiger partial charge in [0.25, 0.3) is 0 Å². The standard InChI is InChI=1S/C11H15F3O3SSe/c1-9(2)6-4-5-10(9,3)8(15)7(6)19-18(16,17)11(12,13)14/h6-7H,4-5H2,1-3H3/t6?,7-,10?/m0/s1. The van der Waals surface area contributed by atoms with Crippen molar-refractivity contribution < 1.29 is 26.4 Å². The van der Waals surface area contributed by atoms with Crippen molar-refractivity contribution in [1.29, 1.82) is 0 Å². The molecule has 0 heterocycles. The Kier molecular flexibility index (Phi) is 3.21. The number of alkyl halides is 3. The fourth-order valence-corrected chi connectivity index (χ4v) is 9.25. The first-order chi connectivity index (χ1) is 8.34. The molecule has 2 aliphatic carbocycles. The Labute approximate surface area is 115 Å². The summed E-state index contributed by atoms with van der Waals surface area (Å²) in [6.07, 6.45) is 1.27. The minimum atomic E-state index is -5.25. The Balaban J connectivity index is 2.34. The van der Waals surface area contributed by atoms with Crippen LogP contribution >= 0.6 is 0 Å². The van der Waals surface area contributed by atoms with E-state index >= 15 is 0 Å². The second kappa shape index (κ2) is 3.98. The van der Waals surface area contributed by atoms with E-state index in [0.717, 1.165) is 0 Å². The molecule has 2 bridgehead atoms. The van der Waals surface area contributed by atoms with Gasteiger partial charge < -0.3 is 0 Å². The van der Waals surface area contributed by atoms with Crippen LogP contribution in [0.3, 0.4) is 0 Å². The first-order valence-corrected chi connectivity index (χ1v) is 10.4. The van der Waals surface area contributed by atoms with Gasteiger partial charge in [0.05, 0.1) is 0 Å². The summed E-state index contributed by atoms with van der Waals surface area (Å²) in [4.78, 5) is 11.3. The van der Waals surface area contributed by atoms with Crippen molar-refractivity contribution in [1.82, 2.24) is 0 Å². The van der Waals surface area contributed by atoms with Crippen molar-refractivity contribution in [2.45, 2.75) is 43.9 Å². The van der Waals surface area contributed by atoms with Crippen LogP contribution in [-0.4, -0.2) is 33.5 Å². The van der Waals surface area contributed by atoms with E-state index in [9.17, 15) is 26.4 Å². The maximum absolute atomic E-state index is 12.5. The second-order valence-electron chi connectivity index (χ2n) is 5.98. The van der Waals surface area contributed by atoms with Crippen LogP contribution in [0, 0.1) is 16.7 Å². The monoisotopic (exact) mass is 364 g/mol. The first kappa shape index (κ1) is 15.3. The van der Waals surface area contributed by atoms with Gasteiger partial charge in [-0.15, -0.1) is 0 Å². The zero-order valence-electron chi connectivity index (χ0n) is 10.7. The molecule has 2 fully saturated rings. The molecule has 110 valence electrons. The number of hydrogen-bond donors (Lipinski definition) is 0. The fraction of sp³-hybridized carbons (Fsp3) is 0.909. The van der Waals surface area contributed by atoms with E-state index in [4.69, 9.17) is 0 Å². The van der Waals surface area contributed by atoms with Crippen LogP contribution in [0.4, 0.5) is 13.2 Å². The third-order valence-electron chi connectivity index (χ3n) is 4.99. The van der Waals surface area contributed by atoms with Crippen molar-refractivity contribution in [3.63, 3.8) is 0 Å². The summed E-state index contributed by atoms with van der Waals surface area (Å²) in [7, 11) is -5.17. The van der Waals surface area contributed by atoms with Gasteiger partial charge in [0.2, 0.25) is 0 Å². The summed E-state index contributed by atoms with van der Waals surface area (Å²) < 4.78 is 60.0. The Bertz CT molecular complexity index is 526. The number of halogens is 3. The van der Waals surface area contributed by atoms with Crippen molar-refractivity contribution in [3.8, 4) is 0 Å². The number of rotatable bonds is 2. The number of carbonyl (C=O) groups is 1. The molecule has 3 atom stereocenters. The first-order valence-electron chi connectivity index (χ1n) is 5.88. The molecule has 0 aromatic carbocycles. The molecular weight excluding hydrogens is 348 g/mol. The van der Waals surface area contributed by atoms with Crippen LogP contribution < -0.4 is 0 Å². The Hall–Kier alpha value is -0.0705. The number of Topliss-reactive ketones (excluding diaryl/α,β-unsaturated/α-hetero) is 1. The number of ketones is 1. The molecule has 0 aromatic heterocycles. The van der Waals surface area contributed by atoms with Crippen LogP contribution in [0.15, 0.2) is 0 Å². The van der Waals surface area contributed by atoms with E-state index in [-0.39, 0.29) is 11.7 Å². The topological polar surface area (TPSA) is 51.2 Å². The number of carbonyl (C=O) groups excluding carboxylic acids is 1. The Morgan fingerprint density at radius 3 is 2.16 bits per heavy atom. The van der Waals surface area contributed by atoms with Crippen molar-refractivity contribution in [2.24, 2.45) is 16.7 Å².